The lowest BCUT2D eigenvalue weighted by molar-refractivity contribution is -0.138. The van der Waals surface area contributed by atoms with Gasteiger partial charge in [0.25, 0.3) is 0 Å². The average Bonchev–Trinajstić information content (AvgIpc) is 3.22. The van der Waals surface area contributed by atoms with Crippen molar-refractivity contribution in [2.24, 2.45) is 0 Å². The first-order valence-corrected chi connectivity index (χ1v) is 11.4. The zero-order chi connectivity index (χ0) is 22.6. The van der Waals surface area contributed by atoms with Crippen LogP contribution in [-0.4, -0.2) is 65.8 Å². The summed E-state index contributed by atoms with van der Waals surface area (Å²) < 4.78 is 64.0. The van der Waals surface area contributed by atoms with E-state index in [0.29, 0.717) is 0 Å². The fraction of sp³-hybridized carbons (Fsp3) is 0.412. The molecule has 0 unspecified atom stereocenters. The number of nitrogens with zero attached hydrogens (tertiary/aromatic N) is 4. The van der Waals surface area contributed by atoms with E-state index in [0.717, 1.165) is 0 Å². The number of halogens is 3. The largest absolute Gasteiger partial charge is 0.445 e. The van der Waals surface area contributed by atoms with Gasteiger partial charge >= 0.3 is 6.18 Å². The number of nitrogens with one attached hydrogen (secondary N) is 1. The molecule has 0 saturated carbocycles. The Bertz CT molecular complexity index is 1040. The molecule has 1 aromatic heterocycles. The number of carbonyl (C=O) groups is 2. The second-order valence-electron chi connectivity index (χ2n) is 6.56. The molecule has 2 amide bonds. The molecule has 0 atom stereocenters. The van der Waals surface area contributed by atoms with Crippen molar-refractivity contribution in [2.45, 2.75) is 23.9 Å². The second kappa shape index (κ2) is 9.28. The van der Waals surface area contributed by atoms with Crippen LogP contribution in [0.15, 0.2) is 35.2 Å². The number of hydrogen-bond donors (Lipinski definition) is 1. The first-order valence-electron chi connectivity index (χ1n) is 9.11. The van der Waals surface area contributed by atoms with Gasteiger partial charge in [0, 0.05) is 39.0 Å². The number of alkyl halides is 3. The summed E-state index contributed by atoms with van der Waals surface area (Å²) in [5.41, 5.74) is 0. The number of carbonyl (C=O) groups excluding carboxylic acids is 2. The van der Waals surface area contributed by atoms with Gasteiger partial charge < -0.3 is 10.2 Å². The van der Waals surface area contributed by atoms with Gasteiger partial charge in [-0.3, -0.25) is 9.59 Å². The average molecular weight is 477 g/mol. The summed E-state index contributed by atoms with van der Waals surface area (Å²) in [7, 11) is -3.64. The number of sulfonamides is 1. The molecule has 1 N–H and O–H groups in total. The highest BCUT2D eigenvalue weighted by molar-refractivity contribution is 7.89. The summed E-state index contributed by atoms with van der Waals surface area (Å²) in [6.07, 6.45) is -5.06. The Labute approximate surface area is 179 Å². The Hall–Kier alpha value is -2.58. The first-order chi connectivity index (χ1) is 14.6. The molecule has 9 nitrogen and oxygen atoms in total. The fourth-order valence-electron chi connectivity index (χ4n) is 2.87. The highest BCUT2D eigenvalue weighted by atomic mass is 32.2. The summed E-state index contributed by atoms with van der Waals surface area (Å²) in [6.45, 7) is 0.607. The van der Waals surface area contributed by atoms with E-state index in [2.05, 4.69) is 15.5 Å². The maximum atomic E-state index is 12.6. The molecular formula is C17H18F3N5O4S2. The van der Waals surface area contributed by atoms with Gasteiger partial charge in [-0.15, -0.1) is 10.2 Å². The van der Waals surface area contributed by atoms with Gasteiger partial charge in [0.05, 0.1) is 4.90 Å². The first kappa shape index (κ1) is 23.1. The molecule has 1 saturated heterocycles. The molecule has 0 spiro atoms. The van der Waals surface area contributed by atoms with Crippen molar-refractivity contribution in [3.63, 3.8) is 0 Å². The van der Waals surface area contributed by atoms with Crippen molar-refractivity contribution < 1.29 is 31.2 Å². The number of hydrogen-bond acceptors (Lipinski definition) is 7. The Balaban J connectivity index is 1.46. The van der Waals surface area contributed by atoms with Crippen LogP contribution in [0.3, 0.4) is 0 Å². The predicted octanol–water partition coefficient (Wildman–Crippen LogP) is 1.81. The van der Waals surface area contributed by atoms with Crippen LogP contribution in [0.1, 0.15) is 17.8 Å². The molecule has 0 bridgehead atoms. The summed E-state index contributed by atoms with van der Waals surface area (Å²) in [6, 6.07) is 7.97. The number of aromatic nitrogens is 2. The second-order valence-corrected chi connectivity index (χ2v) is 9.47. The highest BCUT2D eigenvalue weighted by Gasteiger charge is 2.36. The van der Waals surface area contributed by atoms with E-state index in [9.17, 15) is 31.2 Å². The van der Waals surface area contributed by atoms with E-state index in [1.807, 2.05) is 0 Å². The van der Waals surface area contributed by atoms with Crippen molar-refractivity contribution in [1.29, 1.82) is 0 Å². The molecule has 1 aliphatic rings. The topological polar surface area (TPSA) is 113 Å². The molecule has 168 valence electrons. The normalized spacial score (nSPS) is 15.6. The van der Waals surface area contributed by atoms with Gasteiger partial charge in [0.1, 0.15) is 0 Å². The highest BCUT2D eigenvalue weighted by Crippen LogP contribution is 2.33. The Morgan fingerprint density at radius 3 is 2.26 bits per heavy atom. The van der Waals surface area contributed by atoms with Gasteiger partial charge in [-0.2, -0.15) is 17.5 Å². The minimum absolute atomic E-state index is 0.125. The van der Waals surface area contributed by atoms with Gasteiger partial charge in [-0.1, -0.05) is 29.5 Å². The van der Waals surface area contributed by atoms with Crippen molar-refractivity contribution in [2.75, 3.05) is 31.5 Å². The third-order valence-electron chi connectivity index (χ3n) is 4.45. The standard InChI is InChI=1S/C17H18F3N5O4S2/c18-17(19,20)15-22-23-16(30-15)21-13(26)6-7-14(27)24-8-10-25(11-9-24)31(28,29)12-4-2-1-3-5-12/h1-5H,6-11H2,(H,21,23,26). The Kier molecular flexibility index (Phi) is 6.91. The summed E-state index contributed by atoms with van der Waals surface area (Å²) in [5.74, 6) is -1.01. The van der Waals surface area contributed by atoms with Crippen LogP contribution in [0.2, 0.25) is 0 Å². The Morgan fingerprint density at radius 2 is 1.68 bits per heavy atom. The minimum atomic E-state index is -4.65. The van der Waals surface area contributed by atoms with Crippen LogP contribution in [-0.2, 0) is 25.8 Å². The molecular weight excluding hydrogens is 459 g/mol. The summed E-state index contributed by atoms with van der Waals surface area (Å²) in [4.78, 5) is 25.8. The zero-order valence-electron chi connectivity index (χ0n) is 16.0. The SMILES string of the molecule is O=C(CCC(=O)N1CCN(S(=O)(=O)c2ccccc2)CC1)Nc1nnc(C(F)(F)F)s1. The zero-order valence-corrected chi connectivity index (χ0v) is 17.6. The number of anilines is 1. The van der Waals surface area contributed by atoms with Crippen LogP contribution in [0.5, 0.6) is 0 Å². The maximum absolute atomic E-state index is 12.6. The number of benzene rings is 1. The van der Waals surface area contributed by atoms with Crippen molar-refractivity contribution in [3.05, 3.63) is 35.3 Å². The van der Waals surface area contributed by atoms with Crippen LogP contribution in [0.25, 0.3) is 0 Å². The third kappa shape index (κ3) is 5.77. The van der Waals surface area contributed by atoms with Gasteiger partial charge in [-0.05, 0) is 12.1 Å². The van der Waals surface area contributed by atoms with E-state index in [1.54, 1.807) is 18.2 Å². The predicted molar refractivity (Wildman–Crippen MR) is 105 cm³/mol. The van der Waals surface area contributed by atoms with Crippen LogP contribution in [0.4, 0.5) is 18.3 Å². The van der Waals surface area contributed by atoms with Crippen LogP contribution >= 0.6 is 11.3 Å². The lowest BCUT2D eigenvalue weighted by Gasteiger charge is -2.34. The van der Waals surface area contributed by atoms with Crippen molar-refractivity contribution in [3.8, 4) is 0 Å². The van der Waals surface area contributed by atoms with Crippen LogP contribution in [0, 0.1) is 0 Å². The number of rotatable bonds is 6. The van der Waals surface area contributed by atoms with Crippen LogP contribution < -0.4 is 5.32 Å². The lowest BCUT2D eigenvalue weighted by atomic mass is 10.2. The van der Waals surface area contributed by atoms with E-state index in [4.69, 9.17) is 0 Å². The molecule has 14 heteroatoms. The molecule has 1 fully saturated rings. The third-order valence-corrected chi connectivity index (χ3v) is 7.25. The van der Waals surface area contributed by atoms with Gasteiger partial charge in [-0.25, -0.2) is 8.42 Å². The summed E-state index contributed by atoms with van der Waals surface area (Å²) >= 11 is 0.194. The number of piperazine rings is 1. The molecule has 1 aliphatic heterocycles. The molecule has 0 radical (unpaired) electrons. The Morgan fingerprint density at radius 1 is 1.03 bits per heavy atom. The van der Waals surface area contributed by atoms with Crippen molar-refractivity contribution in [1.82, 2.24) is 19.4 Å². The maximum Gasteiger partial charge on any atom is 0.445 e. The minimum Gasteiger partial charge on any atom is -0.340 e. The smallest absolute Gasteiger partial charge is 0.340 e. The fourth-order valence-corrected chi connectivity index (χ4v) is 4.94. The van der Waals surface area contributed by atoms with Gasteiger partial charge in [0.15, 0.2) is 0 Å². The van der Waals surface area contributed by atoms with E-state index in [-0.39, 0.29) is 66.3 Å². The summed E-state index contributed by atoms with van der Waals surface area (Å²) in [5, 5.41) is 6.92. The molecule has 31 heavy (non-hydrogen) atoms. The quantitative estimate of drug-likeness (QED) is 0.679. The van der Waals surface area contributed by atoms with E-state index < -0.39 is 27.1 Å². The van der Waals surface area contributed by atoms with E-state index >= 15 is 0 Å². The lowest BCUT2D eigenvalue weighted by Crippen LogP contribution is -2.50. The molecule has 3 rings (SSSR count). The molecule has 2 heterocycles. The molecule has 2 aromatic rings. The van der Waals surface area contributed by atoms with E-state index in [1.165, 1.54) is 21.3 Å². The molecule has 0 aliphatic carbocycles. The monoisotopic (exact) mass is 477 g/mol. The van der Waals surface area contributed by atoms with Crippen molar-refractivity contribution >= 4 is 38.3 Å². The number of amides is 2. The molecule has 1 aromatic carbocycles. The van der Waals surface area contributed by atoms with Gasteiger partial charge in [0.2, 0.25) is 32.0 Å².